The number of benzene rings is 1. The molecule has 0 fully saturated rings. The average molecular weight is 310 g/mol. The van der Waals surface area contributed by atoms with E-state index < -0.39 is 0 Å². The van der Waals surface area contributed by atoms with E-state index in [2.05, 4.69) is 60.3 Å². The van der Waals surface area contributed by atoms with Crippen molar-refractivity contribution in [3.63, 3.8) is 0 Å². The summed E-state index contributed by atoms with van der Waals surface area (Å²) in [6.45, 7) is 6.27. The second-order valence-corrected chi connectivity index (χ2v) is 6.16. The molecule has 1 atom stereocenters. The van der Waals surface area contributed by atoms with Gasteiger partial charge in [-0.3, -0.25) is 4.40 Å². The highest BCUT2D eigenvalue weighted by atomic mass is 16.3. The fourth-order valence-corrected chi connectivity index (χ4v) is 2.56. The van der Waals surface area contributed by atoms with E-state index in [1.54, 1.807) is 6.20 Å². The third-order valence-electron chi connectivity index (χ3n) is 4.10. The van der Waals surface area contributed by atoms with Gasteiger partial charge in [0.05, 0.1) is 24.5 Å². The highest BCUT2D eigenvalue weighted by molar-refractivity contribution is 5.70. The summed E-state index contributed by atoms with van der Waals surface area (Å²) in [5.74, 6) is 0.993. The molecule has 0 aliphatic carbocycles. The first kappa shape index (κ1) is 15.5. The topological polar surface area (TPSA) is 62.5 Å². The predicted octanol–water partition coefficient (Wildman–Crippen LogP) is 3.13. The van der Waals surface area contributed by atoms with Gasteiger partial charge in [0, 0.05) is 18.0 Å². The third kappa shape index (κ3) is 3.05. The summed E-state index contributed by atoms with van der Waals surface area (Å²) in [5, 5.41) is 12.8. The highest BCUT2D eigenvalue weighted by Crippen LogP contribution is 2.24. The maximum absolute atomic E-state index is 9.52. The minimum Gasteiger partial charge on any atom is -0.394 e. The zero-order valence-corrected chi connectivity index (χ0v) is 13.7. The van der Waals surface area contributed by atoms with E-state index in [0.29, 0.717) is 11.7 Å². The molecule has 2 heterocycles. The van der Waals surface area contributed by atoms with Crippen LogP contribution in [0.2, 0.25) is 0 Å². The van der Waals surface area contributed by atoms with Gasteiger partial charge in [-0.2, -0.15) is 0 Å². The lowest BCUT2D eigenvalue weighted by molar-refractivity contribution is 0.249. The lowest BCUT2D eigenvalue weighted by Gasteiger charge is -2.20. The number of rotatable bonds is 5. The third-order valence-corrected chi connectivity index (χ3v) is 4.10. The van der Waals surface area contributed by atoms with Crippen molar-refractivity contribution in [3.05, 3.63) is 48.4 Å². The van der Waals surface area contributed by atoms with Gasteiger partial charge in [0.25, 0.3) is 0 Å². The number of aryl methyl sites for hydroxylation is 1. The Labute approximate surface area is 136 Å². The molecule has 0 radical (unpaired) electrons. The van der Waals surface area contributed by atoms with Crippen molar-refractivity contribution < 1.29 is 5.11 Å². The van der Waals surface area contributed by atoms with Crippen LogP contribution in [0.1, 0.15) is 19.4 Å². The molecule has 120 valence electrons. The molecule has 23 heavy (non-hydrogen) atoms. The number of anilines is 1. The number of aromatic nitrogens is 3. The molecule has 3 rings (SSSR count). The van der Waals surface area contributed by atoms with E-state index in [0.717, 1.165) is 16.9 Å². The minimum atomic E-state index is -0.0479. The number of aliphatic hydroxyl groups is 1. The predicted molar refractivity (Wildman–Crippen MR) is 92.5 cm³/mol. The van der Waals surface area contributed by atoms with Crippen LogP contribution in [0, 0.1) is 12.8 Å². The SMILES string of the molecule is Cc1ccc(-c2cnc3c(NC(CO)C(C)C)nccn23)cc1. The molecule has 1 unspecified atom stereocenters. The molecule has 0 saturated carbocycles. The average Bonchev–Trinajstić information content (AvgIpc) is 2.98. The van der Waals surface area contributed by atoms with Crippen LogP contribution in [-0.2, 0) is 0 Å². The first-order valence-corrected chi connectivity index (χ1v) is 7.86. The van der Waals surface area contributed by atoms with Crippen molar-refractivity contribution in [3.8, 4) is 11.3 Å². The Morgan fingerprint density at radius 3 is 2.57 bits per heavy atom. The fourth-order valence-electron chi connectivity index (χ4n) is 2.56. The Morgan fingerprint density at radius 2 is 1.91 bits per heavy atom. The second kappa shape index (κ2) is 6.38. The molecule has 3 aromatic rings. The number of hydrogen-bond acceptors (Lipinski definition) is 4. The van der Waals surface area contributed by atoms with Crippen molar-refractivity contribution in [2.24, 2.45) is 5.92 Å². The van der Waals surface area contributed by atoms with Gasteiger partial charge in [-0.1, -0.05) is 43.7 Å². The second-order valence-electron chi connectivity index (χ2n) is 6.16. The molecule has 0 aliphatic heterocycles. The van der Waals surface area contributed by atoms with E-state index in [4.69, 9.17) is 0 Å². The van der Waals surface area contributed by atoms with E-state index in [9.17, 15) is 5.11 Å². The first-order chi connectivity index (χ1) is 11.1. The molecule has 5 nitrogen and oxygen atoms in total. The smallest absolute Gasteiger partial charge is 0.180 e. The summed E-state index contributed by atoms with van der Waals surface area (Å²) >= 11 is 0. The molecule has 0 spiro atoms. The Kier molecular flexibility index (Phi) is 4.30. The van der Waals surface area contributed by atoms with Crippen LogP contribution in [0.15, 0.2) is 42.9 Å². The van der Waals surface area contributed by atoms with E-state index in [1.807, 2.05) is 16.8 Å². The molecule has 0 saturated heterocycles. The van der Waals surface area contributed by atoms with E-state index >= 15 is 0 Å². The Morgan fingerprint density at radius 1 is 1.17 bits per heavy atom. The zero-order valence-electron chi connectivity index (χ0n) is 13.7. The normalized spacial score (nSPS) is 12.7. The van der Waals surface area contributed by atoms with Crippen LogP contribution in [0.25, 0.3) is 16.9 Å². The maximum atomic E-state index is 9.52. The highest BCUT2D eigenvalue weighted by Gasteiger charge is 2.16. The monoisotopic (exact) mass is 310 g/mol. The maximum Gasteiger partial charge on any atom is 0.180 e. The molecule has 0 aliphatic rings. The molecule has 2 aromatic heterocycles. The first-order valence-electron chi connectivity index (χ1n) is 7.86. The van der Waals surface area contributed by atoms with E-state index in [-0.39, 0.29) is 12.6 Å². The van der Waals surface area contributed by atoms with Gasteiger partial charge in [0.2, 0.25) is 0 Å². The minimum absolute atomic E-state index is 0.0479. The number of hydrogen-bond donors (Lipinski definition) is 2. The number of fused-ring (bicyclic) bond motifs is 1. The van der Waals surface area contributed by atoms with Crippen LogP contribution in [0.3, 0.4) is 0 Å². The van der Waals surface area contributed by atoms with Crippen LogP contribution in [0.4, 0.5) is 5.82 Å². The Balaban J connectivity index is 2.02. The van der Waals surface area contributed by atoms with Crippen molar-refractivity contribution in [1.82, 2.24) is 14.4 Å². The molecular weight excluding hydrogens is 288 g/mol. The number of imidazole rings is 1. The standard InChI is InChI=1S/C18H22N4O/c1-12(2)15(11-23)21-17-18-20-10-16(22(18)9-8-19-17)14-6-4-13(3)5-7-14/h4-10,12,15,23H,11H2,1-3H3,(H,19,21). The van der Waals surface area contributed by atoms with Crippen molar-refractivity contribution in [1.29, 1.82) is 0 Å². The lowest BCUT2D eigenvalue weighted by Crippen LogP contribution is -2.30. The molecule has 1 aromatic carbocycles. The zero-order chi connectivity index (χ0) is 16.4. The van der Waals surface area contributed by atoms with Crippen LogP contribution < -0.4 is 5.32 Å². The molecular formula is C18H22N4O. The van der Waals surface area contributed by atoms with Crippen molar-refractivity contribution in [2.45, 2.75) is 26.8 Å². The number of nitrogens with zero attached hydrogens (tertiary/aromatic N) is 3. The summed E-state index contributed by atoms with van der Waals surface area (Å²) in [5.41, 5.74) is 4.13. The van der Waals surface area contributed by atoms with Crippen LogP contribution >= 0.6 is 0 Å². The number of nitrogens with one attached hydrogen (secondary N) is 1. The van der Waals surface area contributed by atoms with Gasteiger partial charge in [-0.05, 0) is 12.8 Å². The van der Waals surface area contributed by atoms with Gasteiger partial charge in [0.15, 0.2) is 11.5 Å². The summed E-state index contributed by atoms with van der Waals surface area (Å²) < 4.78 is 2.02. The van der Waals surface area contributed by atoms with Gasteiger partial charge in [0.1, 0.15) is 0 Å². The largest absolute Gasteiger partial charge is 0.394 e. The Hall–Kier alpha value is -2.40. The number of aliphatic hydroxyl groups excluding tert-OH is 1. The van der Waals surface area contributed by atoms with Crippen LogP contribution in [0.5, 0.6) is 0 Å². The van der Waals surface area contributed by atoms with Crippen LogP contribution in [-0.4, -0.2) is 32.1 Å². The summed E-state index contributed by atoms with van der Waals surface area (Å²) in [4.78, 5) is 8.91. The quantitative estimate of drug-likeness (QED) is 0.760. The molecule has 2 N–H and O–H groups in total. The fraction of sp³-hybridized carbons (Fsp3) is 0.333. The van der Waals surface area contributed by atoms with Crippen molar-refractivity contribution in [2.75, 3.05) is 11.9 Å². The molecule has 0 amide bonds. The summed E-state index contributed by atoms with van der Waals surface area (Å²) in [6.07, 6.45) is 5.52. The summed E-state index contributed by atoms with van der Waals surface area (Å²) in [6, 6.07) is 8.33. The van der Waals surface area contributed by atoms with E-state index in [1.165, 1.54) is 5.56 Å². The Bertz CT molecular complexity index is 792. The molecule has 5 heteroatoms. The van der Waals surface area contributed by atoms with Crippen molar-refractivity contribution >= 4 is 11.5 Å². The van der Waals surface area contributed by atoms with Gasteiger partial charge >= 0.3 is 0 Å². The summed E-state index contributed by atoms with van der Waals surface area (Å²) in [7, 11) is 0. The molecule has 0 bridgehead atoms. The van der Waals surface area contributed by atoms with Gasteiger partial charge < -0.3 is 10.4 Å². The lowest BCUT2D eigenvalue weighted by atomic mass is 10.1. The van der Waals surface area contributed by atoms with Gasteiger partial charge in [-0.25, -0.2) is 9.97 Å². The van der Waals surface area contributed by atoms with Gasteiger partial charge in [-0.15, -0.1) is 0 Å².